The fourth-order valence-electron chi connectivity index (χ4n) is 1.91. The summed E-state index contributed by atoms with van der Waals surface area (Å²) in [7, 11) is -4.47. The zero-order valence-corrected chi connectivity index (χ0v) is 12.8. The molecule has 3 N–H and O–H groups in total. The van der Waals surface area contributed by atoms with Gasteiger partial charge in [-0.3, -0.25) is 9.35 Å². The lowest BCUT2D eigenvalue weighted by Gasteiger charge is -2.12. The Kier molecular flexibility index (Phi) is 7.00. The van der Waals surface area contributed by atoms with Gasteiger partial charge in [0, 0.05) is 6.42 Å². The third-order valence-electron chi connectivity index (χ3n) is 2.97. The summed E-state index contributed by atoms with van der Waals surface area (Å²) >= 11 is 0. The van der Waals surface area contributed by atoms with Gasteiger partial charge in [-0.15, -0.1) is 0 Å². The molecule has 1 amide bonds. The van der Waals surface area contributed by atoms with Crippen LogP contribution in [0.4, 0.5) is 0 Å². The minimum absolute atomic E-state index is 0.0993. The molecular formula is C14H19NO6S. The number of aliphatic carboxylic acids is 1. The summed E-state index contributed by atoms with van der Waals surface area (Å²) in [5.41, 5.74) is 1.15. The van der Waals surface area contributed by atoms with E-state index in [1.165, 1.54) is 0 Å². The molecule has 8 heteroatoms. The summed E-state index contributed by atoms with van der Waals surface area (Å²) in [5, 5.41) is 10.9. The van der Waals surface area contributed by atoms with Crippen LogP contribution in [0.25, 0.3) is 0 Å². The normalized spacial score (nSPS) is 12.6. The van der Waals surface area contributed by atoms with E-state index in [1.54, 1.807) is 0 Å². The number of rotatable bonds is 9. The molecule has 0 radical (unpaired) electrons. The quantitative estimate of drug-likeness (QED) is 0.456. The van der Waals surface area contributed by atoms with Crippen LogP contribution in [0.1, 0.15) is 24.8 Å². The molecule has 0 heterocycles. The molecule has 22 heavy (non-hydrogen) atoms. The molecule has 0 aliphatic heterocycles. The van der Waals surface area contributed by atoms with Crippen LogP contribution < -0.4 is 5.32 Å². The molecule has 0 saturated carbocycles. The van der Waals surface area contributed by atoms with Crippen molar-refractivity contribution in [3.8, 4) is 0 Å². The first kappa shape index (κ1) is 18.1. The van der Waals surface area contributed by atoms with Crippen LogP contribution in [0, 0.1) is 0 Å². The second-order valence-electron chi connectivity index (χ2n) is 4.90. The molecule has 7 nitrogen and oxygen atoms in total. The number of hydrogen-bond donors (Lipinski definition) is 3. The van der Waals surface area contributed by atoms with Crippen molar-refractivity contribution >= 4 is 22.0 Å². The van der Waals surface area contributed by atoms with E-state index in [2.05, 4.69) is 5.32 Å². The highest BCUT2D eigenvalue weighted by atomic mass is 32.2. The van der Waals surface area contributed by atoms with Crippen LogP contribution in [0.2, 0.25) is 0 Å². The summed E-state index contributed by atoms with van der Waals surface area (Å²) in [6, 6.07) is 8.08. The second-order valence-corrected chi connectivity index (χ2v) is 6.40. The fourth-order valence-corrected chi connectivity index (χ4v) is 2.56. The summed E-state index contributed by atoms with van der Waals surface area (Å²) in [4.78, 5) is 22.4. The Morgan fingerprint density at radius 1 is 1.14 bits per heavy atom. The lowest BCUT2D eigenvalue weighted by Crippen LogP contribution is -2.45. The third kappa shape index (κ3) is 7.75. The molecule has 1 unspecified atom stereocenters. The van der Waals surface area contributed by atoms with Crippen molar-refractivity contribution in [2.45, 2.75) is 31.7 Å². The van der Waals surface area contributed by atoms with Crippen LogP contribution >= 0.6 is 0 Å². The minimum atomic E-state index is -4.47. The molecule has 1 atom stereocenters. The van der Waals surface area contributed by atoms with Crippen molar-refractivity contribution < 1.29 is 27.7 Å². The second kappa shape index (κ2) is 8.50. The Balaban J connectivity index is 2.33. The molecule has 0 fully saturated rings. The maximum atomic E-state index is 11.6. The zero-order valence-electron chi connectivity index (χ0n) is 11.9. The first-order chi connectivity index (χ1) is 10.3. The predicted molar refractivity (Wildman–Crippen MR) is 80.0 cm³/mol. The molecule has 0 bridgehead atoms. The largest absolute Gasteiger partial charge is 0.480 e. The number of benzene rings is 1. The van der Waals surface area contributed by atoms with Crippen molar-refractivity contribution in [1.29, 1.82) is 0 Å². The van der Waals surface area contributed by atoms with E-state index in [0.29, 0.717) is 6.42 Å². The van der Waals surface area contributed by atoms with Gasteiger partial charge in [-0.25, -0.2) is 4.79 Å². The number of carbonyl (C=O) groups excluding carboxylic acids is 1. The fraction of sp³-hybridized carbons (Fsp3) is 0.429. The average molecular weight is 329 g/mol. The van der Waals surface area contributed by atoms with E-state index in [0.717, 1.165) is 18.4 Å². The van der Waals surface area contributed by atoms with Gasteiger partial charge in [0.2, 0.25) is 5.91 Å². The maximum absolute atomic E-state index is 11.6. The highest BCUT2D eigenvalue weighted by molar-refractivity contribution is 7.85. The number of nitrogens with one attached hydrogen (secondary N) is 1. The Morgan fingerprint density at radius 3 is 2.32 bits per heavy atom. The van der Waals surface area contributed by atoms with E-state index in [1.807, 2.05) is 30.3 Å². The van der Waals surface area contributed by atoms with Gasteiger partial charge < -0.3 is 10.4 Å². The highest BCUT2D eigenvalue weighted by Gasteiger charge is 2.25. The van der Waals surface area contributed by atoms with Crippen molar-refractivity contribution in [3.05, 3.63) is 35.9 Å². The first-order valence-corrected chi connectivity index (χ1v) is 8.40. The monoisotopic (exact) mass is 329 g/mol. The standard InChI is InChI=1S/C14H19NO6S/c16-13(15-12(14(17)18)10-22(19,20)21)9-5-4-8-11-6-2-1-3-7-11/h1-3,6-7,12H,4-5,8-10H2,(H,15,16)(H,17,18)(H,19,20,21). The molecule has 122 valence electrons. The van der Waals surface area contributed by atoms with E-state index in [4.69, 9.17) is 9.66 Å². The smallest absolute Gasteiger partial charge is 0.327 e. The summed E-state index contributed by atoms with van der Waals surface area (Å²) < 4.78 is 30.0. The number of amides is 1. The Bertz CT molecular complexity index is 599. The van der Waals surface area contributed by atoms with Gasteiger partial charge in [-0.05, 0) is 24.8 Å². The topological polar surface area (TPSA) is 121 Å². The van der Waals surface area contributed by atoms with Gasteiger partial charge >= 0.3 is 5.97 Å². The Labute approximate surface area is 129 Å². The lowest BCUT2D eigenvalue weighted by atomic mass is 10.1. The van der Waals surface area contributed by atoms with Gasteiger partial charge in [0.1, 0.15) is 11.8 Å². The number of hydrogen-bond acceptors (Lipinski definition) is 4. The van der Waals surface area contributed by atoms with Gasteiger partial charge in [0.05, 0.1) is 0 Å². The third-order valence-corrected chi connectivity index (χ3v) is 3.73. The zero-order chi connectivity index (χ0) is 16.6. The first-order valence-electron chi connectivity index (χ1n) is 6.79. The molecule has 1 aromatic rings. The van der Waals surface area contributed by atoms with Crippen LogP contribution in [0.3, 0.4) is 0 Å². The number of unbranched alkanes of at least 4 members (excludes halogenated alkanes) is 1. The SMILES string of the molecule is O=C(CCCCc1ccccc1)NC(CS(=O)(=O)O)C(=O)O. The summed E-state index contributed by atoms with van der Waals surface area (Å²) in [6.45, 7) is 0. The lowest BCUT2D eigenvalue weighted by molar-refractivity contribution is -0.141. The van der Waals surface area contributed by atoms with E-state index >= 15 is 0 Å². The molecule has 0 saturated heterocycles. The van der Waals surface area contributed by atoms with E-state index in [-0.39, 0.29) is 6.42 Å². The molecule has 1 aromatic carbocycles. The molecular weight excluding hydrogens is 310 g/mol. The molecule has 0 spiro atoms. The highest BCUT2D eigenvalue weighted by Crippen LogP contribution is 2.06. The molecule has 0 aromatic heterocycles. The maximum Gasteiger partial charge on any atom is 0.327 e. The molecule has 0 aliphatic carbocycles. The number of carboxylic acids is 1. The van der Waals surface area contributed by atoms with Gasteiger partial charge in [0.25, 0.3) is 10.1 Å². The minimum Gasteiger partial charge on any atom is -0.480 e. The molecule has 0 aliphatic rings. The van der Waals surface area contributed by atoms with Gasteiger partial charge in [-0.1, -0.05) is 30.3 Å². The van der Waals surface area contributed by atoms with Crippen LogP contribution in [-0.2, 0) is 26.1 Å². The predicted octanol–water partition coefficient (Wildman–Crippen LogP) is 0.857. The number of carboxylic acid groups (broad SMARTS) is 1. The summed E-state index contributed by atoms with van der Waals surface area (Å²) in [5.74, 6) is -3.10. The molecule has 1 rings (SSSR count). The van der Waals surface area contributed by atoms with Crippen molar-refractivity contribution in [2.75, 3.05) is 5.75 Å². The van der Waals surface area contributed by atoms with Crippen molar-refractivity contribution in [1.82, 2.24) is 5.32 Å². The van der Waals surface area contributed by atoms with Crippen molar-refractivity contribution in [2.24, 2.45) is 0 Å². The van der Waals surface area contributed by atoms with Gasteiger partial charge in [-0.2, -0.15) is 8.42 Å². The summed E-state index contributed by atoms with van der Waals surface area (Å²) in [6.07, 6.45) is 2.22. The Hall–Kier alpha value is -1.93. The van der Waals surface area contributed by atoms with E-state index < -0.39 is 33.8 Å². The van der Waals surface area contributed by atoms with E-state index in [9.17, 15) is 18.0 Å². The van der Waals surface area contributed by atoms with Gasteiger partial charge in [0.15, 0.2) is 0 Å². The number of aryl methyl sites for hydroxylation is 1. The van der Waals surface area contributed by atoms with Crippen LogP contribution in [0.5, 0.6) is 0 Å². The van der Waals surface area contributed by atoms with Crippen LogP contribution in [0.15, 0.2) is 30.3 Å². The van der Waals surface area contributed by atoms with Crippen LogP contribution in [-0.4, -0.2) is 41.7 Å². The Morgan fingerprint density at radius 2 is 1.77 bits per heavy atom. The average Bonchev–Trinajstić information content (AvgIpc) is 2.42. The number of carbonyl (C=O) groups is 2. The van der Waals surface area contributed by atoms with Crippen molar-refractivity contribution in [3.63, 3.8) is 0 Å².